The van der Waals surface area contributed by atoms with E-state index in [2.05, 4.69) is 21.4 Å². The minimum absolute atomic E-state index is 0.0183. The molecule has 6 heteroatoms. The normalized spacial score (nSPS) is 10.7. The molecule has 0 spiro atoms. The van der Waals surface area contributed by atoms with E-state index in [-0.39, 0.29) is 12.5 Å². The number of amides is 1. The Morgan fingerprint density at radius 2 is 2.15 bits per heavy atom. The summed E-state index contributed by atoms with van der Waals surface area (Å²) in [4.78, 5) is 20.7. The molecule has 0 radical (unpaired) electrons. The van der Waals surface area contributed by atoms with Crippen molar-refractivity contribution in [3.05, 3.63) is 58.4 Å². The van der Waals surface area contributed by atoms with E-state index in [1.807, 2.05) is 44.4 Å². The first-order valence-corrected chi connectivity index (χ1v) is 9.46. The average Bonchev–Trinajstić information content (AvgIpc) is 3.27. The number of rotatable bonds is 7. The van der Waals surface area contributed by atoms with Gasteiger partial charge in [0.25, 0.3) is 5.91 Å². The molecular formula is C20H23N3O2S. The summed E-state index contributed by atoms with van der Waals surface area (Å²) in [6, 6.07) is 8.13. The number of carbonyl (C=O) groups is 1. The third-order valence-electron chi connectivity index (χ3n) is 4.29. The number of nitrogens with one attached hydrogen (secondary N) is 2. The zero-order valence-corrected chi connectivity index (χ0v) is 16.1. The Morgan fingerprint density at radius 3 is 2.92 bits per heavy atom. The maximum atomic E-state index is 12.1. The van der Waals surface area contributed by atoms with E-state index in [4.69, 9.17) is 4.74 Å². The van der Waals surface area contributed by atoms with Gasteiger partial charge in [-0.05, 0) is 55.0 Å². The van der Waals surface area contributed by atoms with Gasteiger partial charge in [0, 0.05) is 18.7 Å². The van der Waals surface area contributed by atoms with E-state index >= 15 is 0 Å². The summed E-state index contributed by atoms with van der Waals surface area (Å²) in [6.45, 7) is 6.63. The topological polar surface area (TPSA) is 67.0 Å². The van der Waals surface area contributed by atoms with Gasteiger partial charge < -0.3 is 15.0 Å². The molecule has 26 heavy (non-hydrogen) atoms. The summed E-state index contributed by atoms with van der Waals surface area (Å²) < 4.78 is 5.70. The molecule has 1 aromatic carbocycles. The molecule has 136 valence electrons. The molecule has 0 bridgehead atoms. The number of ether oxygens (including phenoxy) is 1. The van der Waals surface area contributed by atoms with E-state index < -0.39 is 0 Å². The van der Waals surface area contributed by atoms with E-state index in [1.54, 1.807) is 17.7 Å². The summed E-state index contributed by atoms with van der Waals surface area (Å²) in [5.41, 5.74) is 5.35. The molecular weight excluding hydrogens is 346 g/mol. The monoisotopic (exact) mass is 369 g/mol. The Labute approximate surface area is 157 Å². The van der Waals surface area contributed by atoms with Crippen LogP contribution in [0.5, 0.6) is 5.75 Å². The summed E-state index contributed by atoms with van der Waals surface area (Å²) in [5, 5.41) is 4.93. The van der Waals surface area contributed by atoms with Crippen LogP contribution in [0.2, 0.25) is 0 Å². The van der Waals surface area contributed by atoms with Crippen LogP contribution in [0, 0.1) is 20.8 Å². The second-order valence-corrected chi connectivity index (χ2v) is 7.25. The van der Waals surface area contributed by atoms with Crippen LogP contribution in [-0.4, -0.2) is 29.0 Å². The Balaban J connectivity index is 1.49. The Hall–Kier alpha value is -2.60. The SMILES string of the molecule is Cc1cc(C)c(C)c(OCC(=O)NCCc2[nH]cnc2-c2cccs2)c1. The van der Waals surface area contributed by atoms with Gasteiger partial charge in [0.2, 0.25) is 0 Å². The third kappa shape index (κ3) is 4.32. The highest BCUT2D eigenvalue weighted by Gasteiger charge is 2.10. The highest BCUT2D eigenvalue weighted by atomic mass is 32.1. The van der Waals surface area contributed by atoms with Crippen molar-refractivity contribution in [2.45, 2.75) is 27.2 Å². The summed E-state index contributed by atoms with van der Waals surface area (Å²) >= 11 is 1.65. The largest absolute Gasteiger partial charge is 0.483 e. The van der Waals surface area contributed by atoms with Crippen LogP contribution in [-0.2, 0) is 11.2 Å². The van der Waals surface area contributed by atoms with Gasteiger partial charge in [0.15, 0.2) is 6.61 Å². The summed E-state index contributed by atoms with van der Waals surface area (Å²) in [6.07, 6.45) is 2.39. The standard InChI is InChI=1S/C20H23N3O2S/c1-13-9-14(2)15(3)17(10-13)25-11-19(24)21-7-6-16-20(23-12-22-16)18-5-4-8-26-18/h4-5,8-10,12H,6-7,11H2,1-3H3,(H,21,24)(H,22,23). The van der Waals surface area contributed by atoms with Crippen molar-refractivity contribution in [1.82, 2.24) is 15.3 Å². The number of thiophene rings is 1. The van der Waals surface area contributed by atoms with Gasteiger partial charge in [0.05, 0.1) is 11.2 Å². The molecule has 2 N–H and O–H groups in total. The number of imidazole rings is 1. The molecule has 0 aliphatic carbocycles. The molecule has 0 saturated heterocycles. The van der Waals surface area contributed by atoms with E-state index in [1.165, 1.54) is 5.56 Å². The minimum Gasteiger partial charge on any atom is -0.483 e. The highest BCUT2D eigenvalue weighted by molar-refractivity contribution is 7.13. The number of nitrogens with zero attached hydrogens (tertiary/aromatic N) is 1. The number of hydrogen-bond donors (Lipinski definition) is 2. The van der Waals surface area contributed by atoms with Crippen LogP contribution in [0.4, 0.5) is 0 Å². The molecule has 0 saturated carbocycles. The fourth-order valence-corrected chi connectivity index (χ4v) is 3.56. The van der Waals surface area contributed by atoms with Gasteiger partial charge in [0.1, 0.15) is 11.4 Å². The van der Waals surface area contributed by atoms with Gasteiger partial charge in [-0.2, -0.15) is 0 Å². The fourth-order valence-electron chi connectivity index (χ4n) is 2.81. The van der Waals surface area contributed by atoms with Crippen LogP contribution in [0.1, 0.15) is 22.4 Å². The van der Waals surface area contributed by atoms with Crippen LogP contribution in [0.3, 0.4) is 0 Å². The van der Waals surface area contributed by atoms with Gasteiger partial charge in [-0.3, -0.25) is 4.79 Å². The first kappa shape index (κ1) is 18.2. The maximum absolute atomic E-state index is 12.1. The Kier molecular flexibility index (Phi) is 5.73. The quantitative estimate of drug-likeness (QED) is 0.666. The molecule has 2 heterocycles. The number of H-pyrrole nitrogens is 1. The number of hydrogen-bond acceptors (Lipinski definition) is 4. The number of benzene rings is 1. The maximum Gasteiger partial charge on any atom is 0.257 e. The second kappa shape index (κ2) is 8.19. The first-order valence-electron chi connectivity index (χ1n) is 8.58. The zero-order chi connectivity index (χ0) is 18.5. The van der Waals surface area contributed by atoms with Crippen molar-refractivity contribution >= 4 is 17.2 Å². The molecule has 2 aromatic heterocycles. The van der Waals surface area contributed by atoms with Gasteiger partial charge >= 0.3 is 0 Å². The summed E-state index contributed by atoms with van der Waals surface area (Å²) in [5.74, 6) is 0.645. The highest BCUT2D eigenvalue weighted by Crippen LogP contribution is 2.25. The average molecular weight is 369 g/mol. The molecule has 0 aliphatic rings. The van der Waals surface area contributed by atoms with Crippen LogP contribution < -0.4 is 10.1 Å². The summed E-state index contributed by atoms with van der Waals surface area (Å²) in [7, 11) is 0. The number of aromatic nitrogens is 2. The smallest absolute Gasteiger partial charge is 0.257 e. The molecule has 0 unspecified atom stereocenters. The predicted molar refractivity (Wildman–Crippen MR) is 105 cm³/mol. The second-order valence-electron chi connectivity index (χ2n) is 6.30. The Bertz CT molecular complexity index is 885. The van der Waals surface area contributed by atoms with E-state index in [0.717, 1.165) is 33.1 Å². The van der Waals surface area contributed by atoms with Crippen molar-refractivity contribution in [3.8, 4) is 16.3 Å². The number of aromatic amines is 1. The third-order valence-corrected chi connectivity index (χ3v) is 5.17. The van der Waals surface area contributed by atoms with Crippen molar-refractivity contribution in [3.63, 3.8) is 0 Å². The van der Waals surface area contributed by atoms with E-state index in [9.17, 15) is 4.79 Å². The molecule has 3 aromatic rings. The molecule has 0 fully saturated rings. The lowest BCUT2D eigenvalue weighted by atomic mass is 10.1. The van der Waals surface area contributed by atoms with Crippen LogP contribution in [0.15, 0.2) is 36.0 Å². The first-order chi connectivity index (χ1) is 12.5. The van der Waals surface area contributed by atoms with Crippen molar-refractivity contribution in [2.24, 2.45) is 0 Å². The fraction of sp³-hybridized carbons (Fsp3) is 0.300. The van der Waals surface area contributed by atoms with Gasteiger partial charge in [-0.25, -0.2) is 4.98 Å². The van der Waals surface area contributed by atoms with Crippen molar-refractivity contribution < 1.29 is 9.53 Å². The lowest BCUT2D eigenvalue weighted by Gasteiger charge is -2.12. The van der Waals surface area contributed by atoms with Gasteiger partial charge in [-0.1, -0.05) is 12.1 Å². The molecule has 3 rings (SSSR count). The lowest BCUT2D eigenvalue weighted by Crippen LogP contribution is -2.30. The van der Waals surface area contributed by atoms with Crippen LogP contribution >= 0.6 is 11.3 Å². The zero-order valence-electron chi connectivity index (χ0n) is 15.3. The Morgan fingerprint density at radius 1 is 1.31 bits per heavy atom. The minimum atomic E-state index is -0.124. The number of aryl methyl sites for hydroxylation is 2. The molecule has 5 nitrogen and oxygen atoms in total. The van der Waals surface area contributed by atoms with Crippen molar-refractivity contribution in [1.29, 1.82) is 0 Å². The molecule has 0 aliphatic heterocycles. The van der Waals surface area contributed by atoms with E-state index in [0.29, 0.717) is 13.0 Å². The van der Waals surface area contributed by atoms with Crippen molar-refractivity contribution in [2.75, 3.05) is 13.2 Å². The van der Waals surface area contributed by atoms with Gasteiger partial charge in [-0.15, -0.1) is 11.3 Å². The lowest BCUT2D eigenvalue weighted by molar-refractivity contribution is -0.123. The molecule has 0 atom stereocenters. The number of carbonyl (C=O) groups excluding carboxylic acids is 1. The van der Waals surface area contributed by atoms with Crippen LogP contribution in [0.25, 0.3) is 10.6 Å². The predicted octanol–water partition coefficient (Wildman–Crippen LogP) is 3.80. The molecule has 1 amide bonds.